The normalized spacial score (nSPS) is 9.94. The molecule has 0 aliphatic carbocycles. The van der Waals surface area contributed by atoms with Gasteiger partial charge in [-0.05, 0) is 12.1 Å². The predicted molar refractivity (Wildman–Crippen MR) is 60.1 cm³/mol. The largest absolute Gasteiger partial charge is 0.384 e. The van der Waals surface area contributed by atoms with Crippen LogP contribution in [0.15, 0.2) is 30.5 Å². The third-order valence-electron chi connectivity index (χ3n) is 2.17. The number of nitrogens with two attached hydrogens (primary N) is 1. The Labute approximate surface area is 93.1 Å². The molecule has 0 radical (unpaired) electrons. The maximum Gasteiger partial charge on any atom is 0.122 e. The molecule has 5 heteroatoms. The number of nitrogens with zero attached hydrogens (tertiary/aromatic N) is 4. The fourth-order valence-electron chi connectivity index (χ4n) is 1.41. The molecule has 16 heavy (non-hydrogen) atoms. The van der Waals surface area contributed by atoms with Crippen LogP contribution in [-0.4, -0.2) is 14.8 Å². The summed E-state index contributed by atoms with van der Waals surface area (Å²) in [6, 6.07) is 9.44. The Morgan fingerprint density at radius 2 is 2.25 bits per heavy atom. The van der Waals surface area contributed by atoms with Crippen LogP contribution in [0.1, 0.15) is 6.42 Å². The molecular weight excluding hydrogens is 202 g/mol. The molecule has 0 unspecified atom stereocenters. The SMILES string of the molecule is N#CCCn1nc(-c2ccccn2)cc1N. The van der Waals surface area contributed by atoms with Crippen LogP contribution in [0.25, 0.3) is 11.4 Å². The molecule has 0 amide bonds. The number of aryl methyl sites for hydroxylation is 1. The van der Waals surface area contributed by atoms with Gasteiger partial charge in [-0.25, -0.2) is 4.68 Å². The van der Waals surface area contributed by atoms with Crippen molar-refractivity contribution in [1.82, 2.24) is 14.8 Å². The van der Waals surface area contributed by atoms with Crippen molar-refractivity contribution in [2.24, 2.45) is 0 Å². The zero-order valence-electron chi connectivity index (χ0n) is 8.67. The van der Waals surface area contributed by atoms with Crippen LogP contribution < -0.4 is 5.73 Å². The quantitative estimate of drug-likeness (QED) is 0.836. The molecule has 0 bridgehead atoms. The molecule has 80 valence electrons. The van der Waals surface area contributed by atoms with Crippen molar-refractivity contribution in [3.05, 3.63) is 30.5 Å². The third-order valence-corrected chi connectivity index (χ3v) is 2.17. The molecule has 0 aromatic carbocycles. The van der Waals surface area contributed by atoms with Crippen molar-refractivity contribution in [1.29, 1.82) is 5.26 Å². The zero-order valence-corrected chi connectivity index (χ0v) is 8.67. The van der Waals surface area contributed by atoms with E-state index in [1.165, 1.54) is 0 Å². The summed E-state index contributed by atoms with van der Waals surface area (Å²) in [7, 11) is 0. The van der Waals surface area contributed by atoms with Gasteiger partial charge in [-0.2, -0.15) is 10.4 Å². The van der Waals surface area contributed by atoms with Crippen molar-refractivity contribution in [2.45, 2.75) is 13.0 Å². The van der Waals surface area contributed by atoms with Gasteiger partial charge in [-0.3, -0.25) is 4.98 Å². The maximum absolute atomic E-state index is 8.50. The monoisotopic (exact) mass is 213 g/mol. The Balaban J connectivity index is 2.28. The molecule has 0 atom stereocenters. The lowest BCUT2D eigenvalue weighted by Gasteiger charge is -1.98. The second-order valence-electron chi connectivity index (χ2n) is 3.30. The number of pyridine rings is 1. The minimum absolute atomic E-state index is 0.396. The van der Waals surface area contributed by atoms with E-state index in [-0.39, 0.29) is 0 Å². The average molecular weight is 213 g/mol. The van der Waals surface area contributed by atoms with Crippen molar-refractivity contribution < 1.29 is 0 Å². The number of rotatable bonds is 3. The fraction of sp³-hybridized carbons (Fsp3) is 0.182. The minimum atomic E-state index is 0.396. The molecular formula is C11H11N5. The van der Waals surface area contributed by atoms with Crippen molar-refractivity contribution in [3.63, 3.8) is 0 Å². The Morgan fingerprint density at radius 1 is 1.38 bits per heavy atom. The van der Waals surface area contributed by atoms with E-state index >= 15 is 0 Å². The van der Waals surface area contributed by atoms with E-state index in [1.807, 2.05) is 18.2 Å². The summed E-state index contributed by atoms with van der Waals surface area (Å²) in [4.78, 5) is 4.19. The van der Waals surface area contributed by atoms with E-state index in [2.05, 4.69) is 16.2 Å². The van der Waals surface area contributed by atoms with E-state index in [9.17, 15) is 0 Å². The smallest absolute Gasteiger partial charge is 0.122 e. The molecule has 0 fully saturated rings. The lowest BCUT2D eigenvalue weighted by atomic mass is 10.3. The summed E-state index contributed by atoms with van der Waals surface area (Å²) in [6.07, 6.45) is 2.10. The molecule has 0 aliphatic rings. The van der Waals surface area contributed by atoms with Gasteiger partial charge in [0.15, 0.2) is 0 Å². The molecule has 2 N–H and O–H groups in total. The highest BCUT2D eigenvalue weighted by Gasteiger charge is 2.07. The maximum atomic E-state index is 8.50. The highest BCUT2D eigenvalue weighted by atomic mass is 15.3. The highest BCUT2D eigenvalue weighted by Crippen LogP contribution is 2.17. The molecule has 2 aromatic heterocycles. The summed E-state index contributed by atoms with van der Waals surface area (Å²) in [5.41, 5.74) is 7.30. The van der Waals surface area contributed by atoms with Gasteiger partial charge in [0.1, 0.15) is 11.5 Å². The summed E-state index contributed by atoms with van der Waals surface area (Å²) >= 11 is 0. The topological polar surface area (TPSA) is 80.5 Å². The molecule has 0 saturated carbocycles. The van der Waals surface area contributed by atoms with Crippen LogP contribution >= 0.6 is 0 Å². The van der Waals surface area contributed by atoms with Gasteiger partial charge in [0.2, 0.25) is 0 Å². The number of hydrogen-bond donors (Lipinski definition) is 1. The van der Waals surface area contributed by atoms with Gasteiger partial charge < -0.3 is 5.73 Å². The van der Waals surface area contributed by atoms with Crippen molar-refractivity contribution in [3.8, 4) is 17.5 Å². The third kappa shape index (κ3) is 2.01. The van der Waals surface area contributed by atoms with Crippen LogP contribution in [0.4, 0.5) is 5.82 Å². The lowest BCUT2D eigenvalue weighted by molar-refractivity contribution is 0.638. The predicted octanol–water partition coefficient (Wildman–Crippen LogP) is 1.44. The first kappa shape index (κ1) is 10.2. The first-order chi connectivity index (χ1) is 7.81. The van der Waals surface area contributed by atoms with Crippen molar-refractivity contribution >= 4 is 5.82 Å². The van der Waals surface area contributed by atoms with Gasteiger partial charge >= 0.3 is 0 Å². The minimum Gasteiger partial charge on any atom is -0.384 e. The van der Waals surface area contributed by atoms with Gasteiger partial charge in [0.05, 0.1) is 24.7 Å². The summed E-state index contributed by atoms with van der Waals surface area (Å²) in [6.45, 7) is 0.509. The van der Waals surface area contributed by atoms with Crippen LogP contribution in [0.5, 0.6) is 0 Å². The zero-order chi connectivity index (χ0) is 11.4. The van der Waals surface area contributed by atoms with Crippen molar-refractivity contribution in [2.75, 3.05) is 5.73 Å². The van der Waals surface area contributed by atoms with Gasteiger partial charge in [-0.1, -0.05) is 6.07 Å². The number of hydrogen-bond acceptors (Lipinski definition) is 4. The Bertz CT molecular complexity index is 509. The molecule has 0 spiro atoms. The van der Waals surface area contributed by atoms with Crippen LogP contribution in [0.3, 0.4) is 0 Å². The number of nitrogen functional groups attached to an aromatic ring is 1. The fourth-order valence-corrected chi connectivity index (χ4v) is 1.41. The number of aromatic nitrogens is 3. The second kappa shape index (κ2) is 4.45. The van der Waals surface area contributed by atoms with E-state index in [0.717, 1.165) is 11.4 Å². The van der Waals surface area contributed by atoms with Gasteiger partial charge in [-0.15, -0.1) is 0 Å². The summed E-state index contributed by atoms with van der Waals surface area (Å²) < 4.78 is 1.62. The molecule has 2 aromatic rings. The van der Waals surface area contributed by atoms with Crippen LogP contribution in [0, 0.1) is 11.3 Å². The average Bonchev–Trinajstić information content (AvgIpc) is 2.69. The first-order valence-electron chi connectivity index (χ1n) is 4.93. The van der Waals surface area contributed by atoms with Crippen LogP contribution in [0.2, 0.25) is 0 Å². The standard InChI is InChI=1S/C11H11N5/c12-5-3-7-16-11(13)8-10(15-16)9-4-1-2-6-14-9/h1-2,4,6,8H,3,7,13H2. The molecule has 0 saturated heterocycles. The first-order valence-corrected chi connectivity index (χ1v) is 4.93. The molecule has 2 rings (SSSR count). The summed E-state index contributed by atoms with van der Waals surface area (Å²) in [5.74, 6) is 0.552. The molecule has 2 heterocycles. The molecule has 5 nitrogen and oxygen atoms in total. The number of nitriles is 1. The number of anilines is 1. The lowest BCUT2D eigenvalue weighted by Crippen LogP contribution is -2.03. The van der Waals surface area contributed by atoms with E-state index < -0.39 is 0 Å². The van der Waals surface area contributed by atoms with E-state index in [1.54, 1.807) is 16.9 Å². The Kier molecular flexibility index (Phi) is 2.83. The summed E-state index contributed by atoms with van der Waals surface area (Å²) in [5, 5.41) is 12.8. The Hall–Kier alpha value is -2.35. The highest BCUT2D eigenvalue weighted by molar-refractivity contribution is 5.57. The van der Waals surface area contributed by atoms with Crippen LogP contribution in [-0.2, 0) is 6.54 Å². The van der Waals surface area contributed by atoms with E-state index in [4.69, 9.17) is 11.0 Å². The van der Waals surface area contributed by atoms with Gasteiger partial charge in [0.25, 0.3) is 0 Å². The van der Waals surface area contributed by atoms with Gasteiger partial charge in [0, 0.05) is 12.3 Å². The van der Waals surface area contributed by atoms with E-state index in [0.29, 0.717) is 18.8 Å². The second-order valence-corrected chi connectivity index (χ2v) is 3.30. The Morgan fingerprint density at radius 3 is 2.94 bits per heavy atom. The molecule has 0 aliphatic heterocycles.